The zero-order chi connectivity index (χ0) is 12.3. The average molecular weight is 232 g/mol. The fourth-order valence-electron chi connectivity index (χ4n) is 2.47. The van der Waals surface area contributed by atoms with Crippen molar-refractivity contribution in [2.45, 2.75) is 38.0 Å². The van der Waals surface area contributed by atoms with Crippen LogP contribution in [0.2, 0.25) is 0 Å². The number of Topliss-reactive ketones (excluding diaryl/α,β-unsaturated/α-hetero) is 1. The Labute approximate surface area is 100 Å². The van der Waals surface area contributed by atoms with Crippen molar-refractivity contribution in [1.82, 2.24) is 0 Å². The van der Waals surface area contributed by atoms with Crippen LogP contribution in [0.3, 0.4) is 0 Å². The van der Waals surface area contributed by atoms with E-state index >= 15 is 0 Å². The summed E-state index contributed by atoms with van der Waals surface area (Å²) in [5, 5.41) is 8.60. The van der Waals surface area contributed by atoms with E-state index in [1.54, 1.807) is 12.1 Å². The van der Waals surface area contributed by atoms with Gasteiger partial charge in [-0.3, -0.25) is 4.79 Å². The highest BCUT2D eigenvalue weighted by molar-refractivity contribution is 6.39. The molecule has 0 aliphatic heterocycles. The van der Waals surface area contributed by atoms with Gasteiger partial charge >= 0.3 is 5.97 Å². The van der Waals surface area contributed by atoms with E-state index in [0.717, 1.165) is 0 Å². The van der Waals surface area contributed by atoms with Gasteiger partial charge in [0.05, 0.1) is 0 Å². The minimum atomic E-state index is -1.39. The third-order valence-corrected chi connectivity index (χ3v) is 3.44. The summed E-state index contributed by atoms with van der Waals surface area (Å²) in [6, 6.07) is 7.04. The van der Waals surface area contributed by atoms with Gasteiger partial charge in [0.15, 0.2) is 0 Å². The van der Waals surface area contributed by atoms with Crippen molar-refractivity contribution in [3.63, 3.8) is 0 Å². The monoisotopic (exact) mass is 232 g/mol. The van der Waals surface area contributed by atoms with E-state index in [1.807, 2.05) is 12.1 Å². The van der Waals surface area contributed by atoms with Crippen molar-refractivity contribution in [2.24, 2.45) is 0 Å². The molecule has 0 radical (unpaired) electrons. The molecule has 1 aliphatic rings. The Kier molecular flexibility index (Phi) is 3.57. The molecule has 0 bridgehead atoms. The van der Waals surface area contributed by atoms with Gasteiger partial charge in [-0.05, 0) is 24.3 Å². The van der Waals surface area contributed by atoms with E-state index in [-0.39, 0.29) is 5.56 Å². The molecule has 0 spiro atoms. The molecule has 1 aromatic rings. The Morgan fingerprint density at radius 3 is 2.12 bits per heavy atom. The second-order valence-electron chi connectivity index (χ2n) is 4.59. The topological polar surface area (TPSA) is 54.4 Å². The second kappa shape index (κ2) is 5.13. The van der Waals surface area contributed by atoms with Crippen LogP contribution in [0.5, 0.6) is 0 Å². The zero-order valence-corrected chi connectivity index (χ0v) is 9.69. The molecule has 1 fully saturated rings. The molecule has 0 amide bonds. The third kappa shape index (κ3) is 2.73. The Morgan fingerprint density at radius 2 is 1.59 bits per heavy atom. The summed E-state index contributed by atoms with van der Waals surface area (Å²) in [6.45, 7) is 0. The van der Waals surface area contributed by atoms with Crippen LogP contribution in [0, 0.1) is 0 Å². The lowest BCUT2D eigenvalue weighted by atomic mass is 9.84. The summed E-state index contributed by atoms with van der Waals surface area (Å²) in [6.07, 6.45) is 6.24. The second-order valence-corrected chi connectivity index (χ2v) is 4.59. The standard InChI is InChI=1S/C14H16O3/c15-13(14(16)17)12-8-6-11(7-9-12)10-4-2-1-3-5-10/h6-10H,1-5H2,(H,16,17). The van der Waals surface area contributed by atoms with Crippen LogP contribution in [-0.4, -0.2) is 16.9 Å². The van der Waals surface area contributed by atoms with Crippen LogP contribution < -0.4 is 0 Å². The van der Waals surface area contributed by atoms with Crippen molar-refractivity contribution in [1.29, 1.82) is 0 Å². The van der Waals surface area contributed by atoms with Gasteiger partial charge in [0.25, 0.3) is 5.78 Å². The van der Waals surface area contributed by atoms with Gasteiger partial charge in [-0.2, -0.15) is 0 Å². The number of carbonyl (C=O) groups is 2. The number of rotatable bonds is 3. The van der Waals surface area contributed by atoms with Crippen molar-refractivity contribution >= 4 is 11.8 Å². The molecule has 1 aromatic carbocycles. The van der Waals surface area contributed by atoms with Crippen LogP contribution >= 0.6 is 0 Å². The summed E-state index contributed by atoms with van der Waals surface area (Å²) in [4.78, 5) is 21.8. The summed E-state index contributed by atoms with van der Waals surface area (Å²) in [7, 11) is 0. The van der Waals surface area contributed by atoms with E-state index in [0.29, 0.717) is 5.92 Å². The molecule has 0 atom stereocenters. The highest BCUT2D eigenvalue weighted by Crippen LogP contribution is 2.32. The lowest BCUT2D eigenvalue weighted by molar-refractivity contribution is -0.131. The van der Waals surface area contributed by atoms with E-state index in [4.69, 9.17) is 5.11 Å². The van der Waals surface area contributed by atoms with E-state index in [2.05, 4.69) is 0 Å². The molecular formula is C14H16O3. The number of carboxylic acid groups (broad SMARTS) is 1. The van der Waals surface area contributed by atoms with Gasteiger partial charge in [0, 0.05) is 5.56 Å². The quantitative estimate of drug-likeness (QED) is 0.643. The predicted molar refractivity (Wildman–Crippen MR) is 64.2 cm³/mol. The number of benzene rings is 1. The molecule has 2 rings (SSSR count). The molecule has 0 saturated heterocycles. The fourth-order valence-corrected chi connectivity index (χ4v) is 2.47. The molecule has 1 N–H and O–H groups in total. The number of ketones is 1. The van der Waals surface area contributed by atoms with Crippen LogP contribution in [0.15, 0.2) is 24.3 Å². The molecular weight excluding hydrogens is 216 g/mol. The SMILES string of the molecule is O=C(O)C(=O)c1ccc(C2CCCCC2)cc1. The van der Waals surface area contributed by atoms with E-state index in [1.165, 1.54) is 37.7 Å². The lowest BCUT2D eigenvalue weighted by Gasteiger charge is -2.21. The maximum atomic E-state index is 11.2. The minimum Gasteiger partial charge on any atom is -0.475 e. The maximum absolute atomic E-state index is 11.2. The summed E-state index contributed by atoms with van der Waals surface area (Å²) in [5.41, 5.74) is 1.49. The van der Waals surface area contributed by atoms with Crippen LogP contribution in [0.25, 0.3) is 0 Å². The maximum Gasteiger partial charge on any atom is 0.377 e. The van der Waals surface area contributed by atoms with Crippen molar-refractivity contribution in [3.8, 4) is 0 Å². The van der Waals surface area contributed by atoms with Gasteiger partial charge < -0.3 is 5.11 Å². The van der Waals surface area contributed by atoms with Crippen molar-refractivity contribution in [3.05, 3.63) is 35.4 Å². The summed E-state index contributed by atoms with van der Waals surface area (Å²) in [5.74, 6) is -1.65. The minimum absolute atomic E-state index is 0.261. The molecule has 1 aliphatic carbocycles. The molecule has 0 heterocycles. The first kappa shape index (κ1) is 11.8. The smallest absolute Gasteiger partial charge is 0.377 e. The van der Waals surface area contributed by atoms with E-state index < -0.39 is 11.8 Å². The predicted octanol–water partition coefficient (Wildman–Crippen LogP) is 3.00. The van der Waals surface area contributed by atoms with Crippen LogP contribution in [0.4, 0.5) is 0 Å². The van der Waals surface area contributed by atoms with Crippen LogP contribution in [0.1, 0.15) is 53.9 Å². The van der Waals surface area contributed by atoms with Gasteiger partial charge in [-0.15, -0.1) is 0 Å². The number of carboxylic acids is 1. The zero-order valence-electron chi connectivity index (χ0n) is 9.69. The largest absolute Gasteiger partial charge is 0.475 e. The highest BCUT2D eigenvalue weighted by Gasteiger charge is 2.17. The lowest BCUT2D eigenvalue weighted by Crippen LogP contribution is -2.12. The fraction of sp³-hybridized carbons (Fsp3) is 0.429. The number of hydrogen-bond acceptors (Lipinski definition) is 2. The molecule has 1 saturated carbocycles. The Hall–Kier alpha value is -1.64. The summed E-state index contributed by atoms with van der Waals surface area (Å²) < 4.78 is 0. The first-order chi connectivity index (χ1) is 8.18. The van der Waals surface area contributed by atoms with Gasteiger partial charge in [-0.25, -0.2) is 4.79 Å². The highest BCUT2D eigenvalue weighted by atomic mass is 16.4. The average Bonchev–Trinajstić information content (AvgIpc) is 2.39. The van der Waals surface area contributed by atoms with Gasteiger partial charge in [0.2, 0.25) is 0 Å². The number of hydrogen-bond donors (Lipinski definition) is 1. The third-order valence-electron chi connectivity index (χ3n) is 3.44. The molecule has 3 nitrogen and oxygen atoms in total. The van der Waals surface area contributed by atoms with Gasteiger partial charge in [-0.1, -0.05) is 43.5 Å². The number of carbonyl (C=O) groups excluding carboxylic acids is 1. The van der Waals surface area contributed by atoms with Crippen LogP contribution in [-0.2, 0) is 4.79 Å². The van der Waals surface area contributed by atoms with Crippen molar-refractivity contribution < 1.29 is 14.7 Å². The Morgan fingerprint density at radius 1 is 1.00 bits per heavy atom. The number of aliphatic carboxylic acids is 1. The Bertz CT molecular complexity index is 414. The Balaban J connectivity index is 2.12. The van der Waals surface area contributed by atoms with E-state index in [9.17, 15) is 9.59 Å². The summed E-state index contributed by atoms with van der Waals surface area (Å²) >= 11 is 0. The van der Waals surface area contributed by atoms with Crippen molar-refractivity contribution in [2.75, 3.05) is 0 Å². The molecule has 0 aromatic heterocycles. The molecule has 17 heavy (non-hydrogen) atoms. The molecule has 90 valence electrons. The molecule has 3 heteroatoms. The first-order valence-corrected chi connectivity index (χ1v) is 6.06. The molecule has 0 unspecified atom stereocenters. The van der Waals surface area contributed by atoms with Gasteiger partial charge in [0.1, 0.15) is 0 Å². The normalized spacial score (nSPS) is 16.7. The first-order valence-electron chi connectivity index (χ1n) is 6.06.